The van der Waals surface area contributed by atoms with E-state index in [1.807, 2.05) is 0 Å². The Morgan fingerprint density at radius 2 is 1.75 bits per heavy atom. The van der Waals surface area contributed by atoms with Crippen LogP contribution in [0.3, 0.4) is 0 Å². The van der Waals surface area contributed by atoms with Crippen LogP contribution < -0.4 is 9.46 Å². The third-order valence-corrected chi connectivity index (χ3v) is 6.09. The molecule has 0 saturated carbocycles. The number of carbonyl (C=O) groups is 1. The largest absolute Gasteiger partial charge is 0.496 e. The van der Waals surface area contributed by atoms with Crippen LogP contribution >= 0.6 is 0 Å². The number of rotatable bonds is 5. The van der Waals surface area contributed by atoms with E-state index in [9.17, 15) is 17.6 Å². The van der Waals surface area contributed by atoms with Crippen molar-refractivity contribution in [1.82, 2.24) is 4.90 Å². The Hall–Kier alpha value is -2.61. The summed E-state index contributed by atoms with van der Waals surface area (Å²) in [5.41, 5.74) is 0.0273. The maximum absolute atomic E-state index is 13.8. The topological polar surface area (TPSA) is 75.7 Å². The number of anilines is 1. The van der Waals surface area contributed by atoms with Crippen molar-refractivity contribution in [2.45, 2.75) is 30.6 Å². The first-order valence-electron chi connectivity index (χ1n) is 9.17. The van der Waals surface area contributed by atoms with Gasteiger partial charge in [-0.3, -0.25) is 9.52 Å². The third kappa shape index (κ3) is 4.44. The molecule has 2 aromatic carbocycles. The molecular formula is C20H23FN2O4S. The molecule has 6 nitrogen and oxygen atoms in total. The molecule has 0 aromatic heterocycles. The second-order valence-corrected chi connectivity index (χ2v) is 8.34. The predicted octanol–water partition coefficient (Wildman–Crippen LogP) is 3.65. The van der Waals surface area contributed by atoms with Gasteiger partial charge in [-0.25, -0.2) is 12.8 Å². The van der Waals surface area contributed by atoms with Crippen molar-refractivity contribution in [3.05, 3.63) is 53.8 Å². The fourth-order valence-electron chi connectivity index (χ4n) is 3.21. The molecule has 1 fully saturated rings. The van der Waals surface area contributed by atoms with Crippen LogP contribution in [-0.4, -0.2) is 39.4 Å². The average molecular weight is 406 g/mol. The number of hydrogen-bond acceptors (Lipinski definition) is 4. The molecular weight excluding hydrogens is 383 g/mol. The summed E-state index contributed by atoms with van der Waals surface area (Å²) in [4.78, 5) is 14.6. The summed E-state index contributed by atoms with van der Waals surface area (Å²) >= 11 is 0. The molecule has 2 aromatic rings. The van der Waals surface area contributed by atoms with Crippen LogP contribution in [0.15, 0.2) is 47.4 Å². The van der Waals surface area contributed by atoms with Crippen molar-refractivity contribution >= 4 is 21.6 Å². The van der Waals surface area contributed by atoms with Crippen LogP contribution in [0.2, 0.25) is 0 Å². The number of likely N-dealkylation sites (tertiary alicyclic amines) is 1. The van der Waals surface area contributed by atoms with Gasteiger partial charge in [-0.1, -0.05) is 25.0 Å². The fraction of sp³-hybridized carbons (Fsp3) is 0.350. The molecule has 0 aliphatic carbocycles. The molecule has 1 N–H and O–H groups in total. The van der Waals surface area contributed by atoms with E-state index in [1.54, 1.807) is 4.90 Å². The molecule has 150 valence electrons. The van der Waals surface area contributed by atoms with E-state index in [0.717, 1.165) is 25.7 Å². The van der Waals surface area contributed by atoms with Gasteiger partial charge in [-0.05, 0) is 43.2 Å². The van der Waals surface area contributed by atoms with Crippen LogP contribution in [-0.2, 0) is 10.0 Å². The molecule has 0 bridgehead atoms. The highest BCUT2D eigenvalue weighted by Crippen LogP contribution is 2.27. The van der Waals surface area contributed by atoms with Crippen LogP contribution in [0.4, 0.5) is 10.1 Å². The minimum Gasteiger partial charge on any atom is -0.496 e. The summed E-state index contributed by atoms with van der Waals surface area (Å²) < 4.78 is 46.8. The van der Waals surface area contributed by atoms with Crippen molar-refractivity contribution < 1.29 is 22.3 Å². The van der Waals surface area contributed by atoms with Gasteiger partial charge in [0.15, 0.2) is 0 Å². The van der Waals surface area contributed by atoms with Crippen LogP contribution in [0.1, 0.15) is 36.0 Å². The molecule has 1 amide bonds. The van der Waals surface area contributed by atoms with Crippen molar-refractivity contribution in [1.29, 1.82) is 0 Å². The zero-order valence-electron chi connectivity index (χ0n) is 15.7. The van der Waals surface area contributed by atoms with Gasteiger partial charge in [0.05, 0.1) is 23.3 Å². The van der Waals surface area contributed by atoms with E-state index in [0.29, 0.717) is 18.8 Å². The zero-order chi connectivity index (χ0) is 20.1. The van der Waals surface area contributed by atoms with Gasteiger partial charge in [-0.2, -0.15) is 0 Å². The third-order valence-electron chi connectivity index (χ3n) is 4.72. The monoisotopic (exact) mass is 406 g/mol. The lowest BCUT2D eigenvalue weighted by molar-refractivity contribution is 0.0758. The SMILES string of the molecule is COc1ccc(S(=O)(=O)Nc2ccccc2F)cc1C(=O)N1CCCCCC1. The standard InChI is InChI=1S/C20H23FN2O4S/c1-27-19-11-10-15(28(25,26)22-18-9-5-4-8-17(18)21)14-16(19)20(24)23-12-6-2-3-7-13-23/h4-5,8-11,14,22H,2-3,6-7,12-13H2,1H3. The van der Waals surface area contributed by atoms with Gasteiger partial charge in [-0.15, -0.1) is 0 Å². The van der Waals surface area contributed by atoms with E-state index < -0.39 is 15.8 Å². The second kappa shape index (κ2) is 8.60. The molecule has 8 heteroatoms. The van der Waals surface area contributed by atoms with E-state index in [1.165, 1.54) is 49.6 Å². The van der Waals surface area contributed by atoms with Crippen molar-refractivity contribution in [2.75, 3.05) is 24.9 Å². The molecule has 0 radical (unpaired) electrons. The zero-order valence-corrected chi connectivity index (χ0v) is 16.5. The number of nitrogens with one attached hydrogen (secondary N) is 1. The summed E-state index contributed by atoms with van der Waals surface area (Å²) in [5, 5.41) is 0. The predicted molar refractivity (Wildman–Crippen MR) is 105 cm³/mol. The molecule has 1 saturated heterocycles. The normalized spacial score (nSPS) is 15.0. The molecule has 0 unspecified atom stereocenters. The van der Waals surface area contributed by atoms with Crippen molar-refractivity contribution in [3.63, 3.8) is 0 Å². The van der Waals surface area contributed by atoms with Crippen LogP contribution in [0, 0.1) is 5.82 Å². The fourth-order valence-corrected chi connectivity index (χ4v) is 4.31. The Bertz CT molecular complexity index is 954. The Kier molecular flexibility index (Phi) is 6.18. The Morgan fingerprint density at radius 1 is 1.07 bits per heavy atom. The van der Waals surface area contributed by atoms with Gasteiger partial charge in [0.25, 0.3) is 15.9 Å². The lowest BCUT2D eigenvalue weighted by Crippen LogP contribution is -2.32. The summed E-state index contributed by atoms with van der Waals surface area (Å²) in [6, 6.07) is 9.57. The van der Waals surface area contributed by atoms with Crippen LogP contribution in [0.25, 0.3) is 0 Å². The summed E-state index contributed by atoms with van der Waals surface area (Å²) in [7, 11) is -2.64. The minimum absolute atomic E-state index is 0.130. The van der Waals surface area contributed by atoms with E-state index in [4.69, 9.17) is 4.74 Å². The number of ether oxygens (including phenoxy) is 1. The summed E-state index contributed by atoms with van der Waals surface area (Å²) in [6.45, 7) is 1.26. The first kappa shape index (κ1) is 20.1. The number of para-hydroxylation sites is 1. The Morgan fingerprint density at radius 3 is 2.39 bits per heavy atom. The highest BCUT2D eigenvalue weighted by atomic mass is 32.2. The highest BCUT2D eigenvalue weighted by molar-refractivity contribution is 7.92. The number of amides is 1. The Labute approximate surface area is 164 Å². The molecule has 0 atom stereocenters. The second-order valence-electron chi connectivity index (χ2n) is 6.65. The van der Waals surface area contributed by atoms with Gasteiger partial charge in [0.2, 0.25) is 0 Å². The Balaban J connectivity index is 1.93. The van der Waals surface area contributed by atoms with Crippen LogP contribution in [0.5, 0.6) is 5.75 Å². The smallest absolute Gasteiger partial charge is 0.262 e. The maximum Gasteiger partial charge on any atom is 0.262 e. The van der Waals surface area contributed by atoms with E-state index in [-0.39, 0.29) is 22.1 Å². The van der Waals surface area contributed by atoms with Gasteiger partial charge in [0, 0.05) is 13.1 Å². The molecule has 28 heavy (non-hydrogen) atoms. The molecule has 1 aliphatic rings. The summed E-state index contributed by atoms with van der Waals surface area (Å²) in [6.07, 6.45) is 3.98. The van der Waals surface area contributed by atoms with Gasteiger partial charge >= 0.3 is 0 Å². The lowest BCUT2D eigenvalue weighted by Gasteiger charge is -2.22. The average Bonchev–Trinajstić information content (AvgIpc) is 2.98. The van der Waals surface area contributed by atoms with Crippen molar-refractivity contribution in [2.24, 2.45) is 0 Å². The molecule has 1 heterocycles. The maximum atomic E-state index is 13.8. The first-order chi connectivity index (χ1) is 13.4. The molecule has 0 spiro atoms. The summed E-state index contributed by atoms with van der Waals surface area (Å²) in [5.74, 6) is -0.638. The van der Waals surface area contributed by atoms with Gasteiger partial charge in [0.1, 0.15) is 11.6 Å². The quantitative estimate of drug-likeness (QED) is 0.822. The van der Waals surface area contributed by atoms with Gasteiger partial charge < -0.3 is 9.64 Å². The molecule has 1 aliphatic heterocycles. The van der Waals surface area contributed by atoms with E-state index >= 15 is 0 Å². The lowest BCUT2D eigenvalue weighted by atomic mass is 10.1. The number of methoxy groups -OCH3 is 1. The minimum atomic E-state index is -4.07. The number of hydrogen-bond donors (Lipinski definition) is 1. The van der Waals surface area contributed by atoms with E-state index in [2.05, 4.69) is 4.72 Å². The first-order valence-corrected chi connectivity index (χ1v) is 10.7. The number of sulfonamides is 1. The highest BCUT2D eigenvalue weighted by Gasteiger charge is 2.24. The van der Waals surface area contributed by atoms with Crippen molar-refractivity contribution in [3.8, 4) is 5.75 Å². The molecule has 3 rings (SSSR count). The number of benzene rings is 2. The number of nitrogens with zero attached hydrogens (tertiary/aromatic N) is 1. The number of carbonyl (C=O) groups excluding carboxylic acids is 1. The number of halogens is 1.